The number of ether oxygens (including phenoxy) is 1. The summed E-state index contributed by atoms with van der Waals surface area (Å²) in [4.78, 5) is 0. The normalized spacial score (nSPS) is 16.6. The molecule has 26 heavy (non-hydrogen) atoms. The molecule has 0 radical (unpaired) electrons. The van der Waals surface area contributed by atoms with Gasteiger partial charge in [0.1, 0.15) is 12.4 Å². The van der Waals surface area contributed by atoms with Gasteiger partial charge in [0.15, 0.2) is 5.82 Å². The molecule has 2 rings (SSSR count). The molecule has 1 fully saturated rings. The van der Waals surface area contributed by atoms with E-state index in [9.17, 15) is 13.2 Å². The van der Waals surface area contributed by atoms with Crippen LogP contribution in [0.5, 0.6) is 5.75 Å². The molecule has 1 aliphatic carbocycles. The van der Waals surface area contributed by atoms with Crippen molar-refractivity contribution in [2.75, 3.05) is 18.5 Å². The molecule has 148 valence electrons. The zero-order valence-corrected chi connectivity index (χ0v) is 15.7. The highest BCUT2D eigenvalue weighted by molar-refractivity contribution is 5.52. The zero-order chi connectivity index (χ0) is 19.4. The number of rotatable bonds is 8. The second-order valence-electron chi connectivity index (χ2n) is 7.66. The first-order chi connectivity index (χ1) is 12.1. The molecule has 4 nitrogen and oxygen atoms in total. The number of aliphatic hydroxyl groups excluding tert-OH is 1. The maximum absolute atomic E-state index is 14.5. The fourth-order valence-corrected chi connectivity index (χ4v) is 3.27. The molecule has 0 bridgehead atoms. The van der Waals surface area contributed by atoms with Crippen LogP contribution in [0.15, 0.2) is 12.1 Å². The van der Waals surface area contributed by atoms with Gasteiger partial charge < -0.3 is 20.5 Å². The predicted octanol–water partition coefficient (Wildman–Crippen LogP) is 4.21. The fraction of sp³-hybridized carbons (Fsp3) is 0.684. The van der Waals surface area contributed by atoms with E-state index >= 15 is 0 Å². The van der Waals surface area contributed by atoms with E-state index in [0.29, 0.717) is 12.6 Å². The Hall–Kier alpha value is -1.47. The molecule has 0 saturated heterocycles. The van der Waals surface area contributed by atoms with E-state index in [2.05, 4.69) is 29.2 Å². The SMILES string of the molecule is Cc1c(OC(F)(F)CO)ccc(NCC(C)(C)NC2CCCCC2)c1F. The summed E-state index contributed by atoms with van der Waals surface area (Å²) in [5.74, 6) is -0.920. The molecule has 0 unspecified atom stereocenters. The van der Waals surface area contributed by atoms with Crippen molar-refractivity contribution in [1.82, 2.24) is 5.32 Å². The Kier molecular flexibility index (Phi) is 6.80. The van der Waals surface area contributed by atoms with Crippen LogP contribution in [0, 0.1) is 12.7 Å². The maximum atomic E-state index is 14.5. The van der Waals surface area contributed by atoms with Gasteiger partial charge in [-0.1, -0.05) is 19.3 Å². The van der Waals surface area contributed by atoms with E-state index in [0.717, 1.165) is 12.8 Å². The van der Waals surface area contributed by atoms with Crippen LogP contribution >= 0.6 is 0 Å². The van der Waals surface area contributed by atoms with Crippen LogP contribution in [0.3, 0.4) is 0 Å². The number of hydrogen-bond acceptors (Lipinski definition) is 4. The summed E-state index contributed by atoms with van der Waals surface area (Å²) in [6.45, 7) is 4.51. The van der Waals surface area contributed by atoms with E-state index in [4.69, 9.17) is 5.11 Å². The Labute approximate surface area is 153 Å². The number of aliphatic hydroxyl groups is 1. The number of anilines is 1. The second kappa shape index (κ2) is 8.48. The Bertz CT molecular complexity index is 603. The van der Waals surface area contributed by atoms with Crippen LogP contribution in [-0.4, -0.2) is 35.9 Å². The largest absolute Gasteiger partial charge is 0.430 e. The van der Waals surface area contributed by atoms with Crippen LogP contribution < -0.4 is 15.4 Å². The van der Waals surface area contributed by atoms with E-state index in [1.807, 2.05) is 0 Å². The molecule has 0 heterocycles. The van der Waals surface area contributed by atoms with Gasteiger partial charge in [0, 0.05) is 23.7 Å². The highest BCUT2D eigenvalue weighted by Crippen LogP contribution is 2.30. The van der Waals surface area contributed by atoms with Crippen molar-refractivity contribution < 1.29 is 23.0 Å². The van der Waals surface area contributed by atoms with Crippen LogP contribution in [0.25, 0.3) is 0 Å². The van der Waals surface area contributed by atoms with Gasteiger partial charge in [-0.25, -0.2) is 4.39 Å². The minimum atomic E-state index is -3.74. The summed E-state index contributed by atoms with van der Waals surface area (Å²) in [6, 6.07) is 3.14. The molecule has 0 amide bonds. The molecule has 7 heteroatoms. The summed E-state index contributed by atoms with van der Waals surface area (Å²) < 4.78 is 45.2. The molecule has 0 spiro atoms. The quantitative estimate of drug-likeness (QED) is 0.638. The number of nitrogens with one attached hydrogen (secondary N) is 2. The van der Waals surface area contributed by atoms with Crippen molar-refractivity contribution in [2.45, 2.75) is 70.6 Å². The molecule has 1 aromatic rings. The molecule has 0 aromatic heterocycles. The minimum absolute atomic E-state index is 0.0267. The maximum Gasteiger partial charge on any atom is 0.421 e. The highest BCUT2D eigenvalue weighted by Gasteiger charge is 2.31. The standard InChI is InChI=1S/C19H29F3N2O2/c1-13-16(26-19(21,22)12-25)10-9-15(17(13)20)23-11-18(2,3)24-14-7-5-4-6-8-14/h9-10,14,23-25H,4-8,11-12H2,1-3H3. The van der Waals surface area contributed by atoms with Crippen LogP contribution in [0.1, 0.15) is 51.5 Å². The average Bonchev–Trinajstić information content (AvgIpc) is 2.59. The molecular formula is C19H29F3N2O2. The van der Waals surface area contributed by atoms with Crippen molar-refractivity contribution >= 4 is 5.69 Å². The van der Waals surface area contributed by atoms with Crippen molar-refractivity contribution in [2.24, 2.45) is 0 Å². The third kappa shape index (κ3) is 5.77. The number of alkyl halides is 2. The van der Waals surface area contributed by atoms with Crippen LogP contribution in [-0.2, 0) is 0 Å². The highest BCUT2D eigenvalue weighted by atomic mass is 19.3. The van der Waals surface area contributed by atoms with E-state index in [1.165, 1.54) is 38.3 Å². The summed E-state index contributed by atoms with van der Waals surface area (Å²) in [6.07, 6.45) is 2.32. The lowest BCUT2D eigenvalue weighted by Crippen LogP contribution is -2.50. The molecule has 3 N–H and O–H groups in total. The van der Waals surface area contributed by atoms with Crippen LogP contribution in [0.2, 0.25) is 0 Å². The molecule has 1 saturated carbocycles. The van der Waals surface area contributed by atoms with Gasteiger partial charge >= 0.3 is 6.11 Å². The third-order valence-electron chi connectivity index (χ3n) is 4.70. The molecule has 1 aliphatic rings. The minimum Gasteiger partial charge on any atom is -0.430 e. The van der Waals surface area contributed by atoms with Crippen molar-refractivity contribution in [3.8, 4) is 5.75 Å². The third-order valence-corrected chi connectivity index (χ3v) is 4.70. The molecule has 1 aromatic carbocycles. The topological polar surface area (TPSA) is 53.5 Å². The molecule has 0 aliphatic heterocycles. The number of hydrogen-bond donors (Lipinski definition) is 3. The average molecular weight is 374 g/mol. The lowest BCUT2D eigenvalue weighted by Gasteiger charge is -2.34. The van der Waals surface area contributed by atoms with Crippen molar-refractivity contribution in [3.05, 3.63) is 23.5 Å². The van der Waals surface area contributed by atoms with Crippen molar-refractivity contribution in [1.29, 1.82) is 0 Å². The fourth-order valence-electron chi connectivity index (χ4n) is 3.27. The Morgan fingerprint density at radius 1 is 1.19 bits per heavy atom. The van der Waals surface area contributed by atoms with Gasteiger partial charge in [-0.15, -0.1) is 0 Å². The number of halogens is 3. The lowest BCUT2D eigenvalue weighted by molar-refractivity contribution is -0.201. The Morgan fingerprint density at radius 3 is 2.46 bits per heavy atom. The summed E-state index contributed by atoms with van der Waals surface area (Å²) >= 11 is 0. The first-order valence-corrected chi connectivity index (χ1v) is 9.12. The van der Waals surface area contributed by atoms with Gasteiger partial charge in [0.05, 0.1) is 5.69 Å². The van der Waals surface area contributed by atoms with Gasteiger partial charge in [0.2, 0.25) is 0 Å². The second-order valence-corrected chi connectivity index (χ2v) is 7.66. The van der Waals surface area contributed by atoms with Gasteiger partial charge in [-0.05, 0) is 45.7 Å². The van der Waals surface area contributed by atoms with E-state index in [-0.39, 0.29) is 22.5 Å². The summed E-state index contributed by atoms with van der Waals surface area (Å²) in [5, 5.41) is 15.3. The van der Waals surface area contributed by atoms with Gasteiger partial charge in [-0.2, -0.15) is 8.78 Å². The zero-order valence-electron chi connectivity index (χ0n) is 15.7. The molecular weight excluding hydrogens is 345 g/mol. The number of benzene rings is 1. The summed E-state index contributed by atoms with van der Waals surface area (Å²) in [5.41, 5.74) is -0.0246. The van der Waals surface area contributed by atoms with Gasteiger partial charge in [0.25, 0.3) is 0 Å². The van der Waals surface area contributed by atoms with Gasteiger partial charge in [-0.3, -0.25) is 0 Å². The lowest BCUT2D eigenvalue weighted by atomic mass is 9.92. The van der Waals surface area contributed by atoms with E-state index in [1.54, 1.807) is 0 Å². The summed E-state index contributed by atoms with van der Waals surface area (Å²) in [7, 11) is 0. The predicted molar refractivity (Wildman–Crippen MR) is 96.4 cm³/mol. The first-order valence-electron chi connectivity index (χ1n) is 9.12. The smallest absolute Gasteiger partial charge is 0.421 e. The van der Waals surface area contributed by atoms with Crippen LogP contribution in [0.4, 0.5) is 18.9 Å². The molecule has 0 atom stereocenters. The van der Waals surface area contributed by atoms with E-state index < -0.39 is 18.5 Å². The monoisotopic (exact) mass is 374 g/mol. The van der Waals surface area contributed by atoms with Crippen molar-refractivity contribution in [3.63, 3.8) is 0 Å². The Balaban J connectivity index is 1.99. The Morgan fingerprint density at radius 2 is 1.85 bits per heavy atom. The first kappa shape index (κ1) is 20.8.